The first-order valence-corrected chi connectivity index (χ1v) is 4.78. The highest BCUT2D eigenvalue weighted by Gasteiger charge is 2.28. The third kappa shape index (κ3) is 0.981. The van der Waals surface area contributed by atoms with Gasteiger partial charge in [-0.25, -0.2) is 0 Å². The van der Waals surface area contributed by atoms with Crippen LogP contribution in [0.25, 0.3) is 10.9 Å². The average molecular weight is 172 g/mol. The minimum atomic E-state index is 0.742. The quantitative estimate of drug-likeness (QED) is 0.646. The molecule has 2 aromatic rings. The second-order valence-electron chi connectivity index (χ2n) is 3.80. The minimum Gasteiger partial charge on any atom is -0.268 e. The van der Waals surface area contributed by atoms with Crippen LogP contribution in [0.5, 0.6) is 0 Å². The van der Waals surface area contributed by atoms with Gasteiger partial charge in [-0.3, -0.25) is 4.68 Å². The molecule has 0 bridgehead atoms. The van der Waals surface area contributed by atoms with Gasteiger partial charge in [0.1, 0.15) is 0 Å². The molecule has 1 aromatic heterocycles. The molecule has 0 aliphatic heterocycles. The first-order chi connectivity index (χ1) is 6.36. The molecule has 3 rings (SSSR count). The Morgan fingerprint density at radius 1 is 1.31 bits per heavy atom. The maximum Gasteiger partial charge on any atom is 0.0734 e. The van der Waals surface area contributed by atoms with E-state index in [1.807, 2.05) is 11.7 Å². The predicted molar refractivity (Wildman–Crippen MR) is 52.7 cm³/mol. The van der Waals surface area contributed by atoms with Gasteiger partial charge in [0.05, 0.1) is 11.2 Å². The zero-order valence-corrected chi connectivity index (χ0v) is 7.70. The molecular weight excluding hydrogens is 160 g/mol. The van der Waals surface area contributed by atoms with E-state index in [-0.39, 0.29) is 0 Å². The second kappa shape index (κ2) is 2.34. The van der Waals surface area contributed by atoms with Crippen LogP contribution < -0.4 is 0 Å². The van der Waals surface area contributed by atoms with Crippen molar-refractivity contribution in [1.82, 2.24) is 9.78 Å². The largest absolute Gasteiger partial charge is 0.268 e. The maximum atomic E-state index is 4.57. The summed E-state index contributed by atoms with van der Waals surface area (Å²) in [6.45, 7) is 0. The second-order valence-corrected chi connectivity index (χ2v) is 3.80. The van der Waals surface area contributed by atoms with E-state index in [1.54, 1.807) is 0 Å². The van der Waals surface area contributed by atoms with Crippen molar-refractivity contribution in [3.05, 3.63) is 30.0 Å². The van der Waals surface area contributed by atoms with Gasteiger partial charge in [-0.2, -0.15) is 5.10 Å². The van der Waals surface area contributed by atoms with Crippen molar-refractivity contribution in [1.29, 1.82) is 0 Å². The highest BCUT2D eigenvalue weighted by molar-refractivity contribution is 5.82. The van der Waals surface area contributed by atoms with E-state index in [2.05, 4.69) is 29.4 Å². The number of benzene rings is 1. The lowest BCUT2D eigenvalue weighted by molar-refractivity contribution is 0.767. The molecule has 2 heteroatoms. The Labute approximate surface area is 77.2 Å². The summed E-state index contributed by atoms with van der Waals surface area (Å²) >= 11 is 0. The van der Waals surface area contributed by atoms with E-state index in [0.29, 0.717) is 0 Å². The van der Waals surface area contributed by atoms with Crippen LogP contribution in [-0.4, -0.2) is 9.78 Å². The van der Waals surface area contributed by atoms with E-state index >= 15 is 0 Å². The maximum absolute atomic E-state index is 4.57. The van der Waals surface area contributed by atoms with E-state index in [1.165, 1.54) is 29.4 Å². The van der Waals surface area contributed by atoms with Crippen LogP contribution >= 0.6 is 0 Å². The van der Waals surface area contributed by atoms with Crippen molar-refractivity contribution in [2.45, 2.75) is 18.8 Å². The lowest BCUT2D eigenvalue weighted by atomic mass is 10.1. The number of hydrogen-bond donors (Lipinski definition) is 0. The normalized spacial score (nSPS) is 16.7. The standard InChI is InChI=1S/C11H12N2/c1-13-10-5-3-2-4-9(10)11(12-13)8-6-7-8/h2-5,8H,6-7H2,1H3. The van der Waals surface area contributed by atoms with Gasteiger partial charge in [0.25, 0.3) is 0 Å². The molecule has 0 radical (unpaired) electrons. The molecule has 0 spiro atoms. The minimum absolute atomic E-state index is 0.742. The molecule has 1 fully saturated rings. The molecule has 0 N–H and O–H groups in total. The Morgan fingerprint density at radius 2 is 2.08 bits per heavy atom. The first kappa shape index (κ1) is 7.13. The molecular formula is C11H12N2. The van der Waals surface area contributed by atoms with E-state index in [4.69, 9.17) is 0 Å². The third-order valence-electron chi connectivity index (χ3n) is 2.75. The molecule has 66 valence electrons. The summed E-state index contributed by atoms with van der Waals surface area (Å²) in [5, 5.41) is 5.91. The van der Waals surface area contributed by atoms with Crippen molar-refractivity contribution < 1.29 is 0 Å². The lowest BCUT2D eigenvalue weighted by Gasteiger charge is -1.90. The van der Waals surface area contributed by atoms with Gasteiger partial charge in [-0.1, -0.05) is 18.2 Å². The molecule has 0 amide bonds. The Morgan fingerprint density at radius 3 is 2.85 bits per heavy atom. The van der Waals surface area contributed by atoms with Crippen molar-refractivity contribution in [2.75, 3.05) is 0 Å². The molecule has 1 aromatic carbocycles. The number of nitrogens with zero attached hydrogens (tertiary/aromatic N) is 2. The number of para-hydroxylation sites is 1. The van der Waals surface area contributed by atoms with Crippen LogP contribution in [0.1, 0.15) is 24.5 Å². The number of aryl methyl sites for hydroxylation is 1. The van der Waals surface area contributed by atoms with Gasteiger partial charge < -0.3 is 0 Å². The number of hydrogen-bond acceptors (Lipinski definition) is 1. The van der Waals surface area contributed by atoms with Crippen LogP contribution in [-0.2, 0) is 7.05 Å². The summed E-state index contributed by atoms with van der Waals surface area (Å²) in [7, 11) is 2.02. The smallest absolute Gasteiger partial charge is 0.0734 e. The molecule has 0 unspecified atom stereocenters. The first-order valence-electron chi connectivity index (χ1n) is 4.78. The van der Waals surface area contributed by atoms with Gasteiger partial charge in [0, 0.05) is 18.4 Å². The number of aromatic nitrogens is 2. The van der Waals surface area contributed by atoms with Gasteiger partial charge in [-0.15, -0.1) is 0 Å². The summed E-state index contributed by atoms with van der Waals surface area (Å²) in [6.07, 6.45) is 2.64. The van der Waals surface area contributed by atoms with Gasteiger partial charge in [0.15, 0.2) is 0 Å². The highest BCUT2D eigenvalue weighted by atomic mass is 15.3. The summed E-state index contributed by atoms with van der Waals surface area (Å²) in [5.74, 6) is 0.742. The van der Waals surface area contributed by atoms with Gasteiger partial charge in [0.2, 0.25) is 0 Å². The topological polar surface area (TPSA) is 17.8 Å². The SMILES string of the molecule is Cn1nc(C2CC2)c2ccccc21. The number of rotatable bonds is 1. The molecule has 0 saturated heterocycles. The summed E-state index contributed by atoms with van der Waals surface area (Å²) in [4.78, 5) is 0. The van der Waals surface area contributed by atoms with Crippen molar-refractivity contribution in [3.63, 3.8) is 0 Å². The summed E-state index contributed by atoms with van der Waals surface area (Å²) in [5.41, 5.74) is 2.56. The monoisotopic (exact) mass is 172 g/mol. The van der Waals surface area contributed by atoms with E-state index in [0.717, 1.165) is 5.92 Å². The Kier molecular flexibility index (Phi) is 1.29. The molecule has 1 saturated carbocycles. The fourth-order valence-corrected chi connectivity index (χ4v) is 1.90. The van der Waals surface area contributed by atoms with Gasteiger partial charge >= 0.3 is 0 Å². The van der Waals surface area contributed by atoms with Crippen LogP contribution in [0.2, 0.25) is 0 Å². The third-order valence-corrected chi connectivity index (χ3v) is 2.75. The Bertz CT molecular complexity index is 452. The zero-order chi connectivity index (χ0) is 8.84. The van der Waals surface area contributed by atoms with Gasteiger partial charge in [-0.05, 0) is 18.9 Å². The van der Waals surface area contributed by atoms with Crippen molar-refractivity contribution in [2.24, 2.45) is 7.05 Å². The van der Waals surface area contributed by atoms with E-state index in [9.17, 15) is 0 Å². The van der Waals surface area contributed by atoms with Crippen LogP contribution in [0.4, 0.5) is 0 Å². The zero-order valence-electron chi connectivity index (χ0n) is 7.70. The van der Waals surface area contributed by atoms with E-state index < -0.39 is 0 Å². The lowest BCUT2D eigenvalue weighted by Crippen LogP contribution is -1.90. The van der Waals surface area contributed by atoms with Crippen LogP contribution in [0, 0.1) is 0 Å². The molecule has 2 nitrogen and oxygen atoms in total. The van der Waals surface area contributed by atoms with Crippen LogP contribution in [0.15, 0.2) is 24.3 Å². The Hall–Kier alpha value is -1.31. The molecule has 1 aliphatic rings. The number of fused-ring (bicyclic) bond motifs is 1. The Balaban J connectivity index is 2.34. The molecule has 0 atom stereocenters. The summed E-state index contributed by atoms with van der Waals surface area (Å²) < 4.78 is 1.99. The highest BCUT2D eigenvalue weighted by Crippen LogP contribution is 2.42. The molecule has 1 heterocycles. The average Bonchev–Trinajstić information content (AvgIpc) is 2.94. The van der Waals surface area contributed by atoms with Crippen LogP contribution in [0.3, 0.4) is 0 Å². The van der Waals surface area contributed by atoms with Crippen molar-refractivity contribution >= 4 is 10.9 Å². The fraction of sp³-hybridized carbons (Fsp3) is 0.364. The molecule has 1 aliphatic carbocycles. The fourth-order valence-electron chi connectivity index (χ4n) is 1.90. The van der Waals surface area contributed by atoms with Crippen molar-refractivity contribution in [3.8, 4) is 0 Å². The predicted octanol–water partition coefficient (Wildman–Crippen LogP) is 2.45. The summed E-state index contributed by atoms with van der Waals surface area (Å²) in [6, 6.07) is 8.47. The molecule has 13 heavy (non-hydrogen) atoms.